The number of carbonyl (C=O) groups excluding carboxylic acids is 1. The van der Waals surface area contributed by atoms with Crippen LogP contribution in [0.5, 0.6) is 0 Å². The SMILES string of the molecule is CC.COC(=O)C1=C(CN2CCCC2C(=O)O)NC(c2nccs2)=NC1.Fc1ccccc1Cl. The molecule has 2 aliphatic heterocycles. The molecule has 8 nitrogen and oxygen atoms in total. The molecule has 0 bridgehead atoms. The van der Waals surface area contributed by atoms with E-state index in [1.807, 2.05) is 24.1 Å². The number of ether oxygens (including phenoxy) is 1. The van der Waals surface area contributed by atoms with Crippen LogP contribution in [0.25, 0.3) is 0 Å². The van der Waals surface area contributed by atoms with Crippen LogP contribution in [0.3, 0.4) is 0 Å². The molecule has 1 aromatic heterocycles. The third kappa shape index (κ3) is 7.34. The molecule has 184 valence electrons. The first-order valence-corrected chi connectivity index (χ1v) is 12.0. The van der Waals surface area contributed by atoms with Crippen molar-refractivity contribution in [2.24, 2.45) is 4.99 Å². The summed E-state index contributed by atoms with van der Waals surface area (Å²) in [6, 6.07) is 5.59. The quantitative estimate of drug-likeness (QED) is 0.586. The molecule has 2 N–H and O–H groups in total. The van der Waals surface area contributed by atoms with Crippen molar-refractivity contribution in [2.45, 2.75) is 32.7 Å². The Morgan fingerprint density at radius 3 is 2.65 bits per heavy atom. The van der Waals surface area contributed by atoms with Gasteiger partial charge in [0.25, 0.3) is 0 Å². The summed E-state index contributed by atoms with van der Waals surface area (Å²) in [5.74, 6) is -1.06. The van der Waals surface area contributed by atoms with Crippen molar-refractivity contribution in [3.63, 3.8) is 0 Å². The second kappa shape index (κ2) is 13.8. The van der Waals surface area contributed by atoms with Gasteiger partial charge in [0, 0.05) is 23.8 Å². The fraction of sp³-hybridized carbons (Fsp3) is 0.391. The summed E-state index contributed by atoms with van der Waals surface area (Å²) in [6.07, 6.45) is 3.12. The molecule has 2 aliphatic rings. The number of benzene rings is 1. The summed E-state index contributed by atoms with van der Waals surface area (Å²) in [5, 5.41) is 15.2. The lowest BCUT2D eigenvalue weighted by Gasteiger charge is -2.26. The number of aliphatic imine (C=N–C) groups is 1. The Bertz CT molecular complexity index is 1010. The summed E-state index contributed by atoms with van der Waals surface area (Å²) in [5.41, 5.74) is 1.06. The summed E-state index contributed by atoms with van der Waals surface area (Å²) >= 11 is 6.78. The van der Waals surface area contributed by atoms with Gasteiger partial charge in [-0.3, -0.25) is 14.7 Å². The minimum Gasteiger partial charge on any atom is -0.480 e. The van der Waals surface area contributed by atoms with Gasteiger partial charge in [0.2, 0.25) is 0 Å². The van der Waals surface area contributed by atoms with Crippen molar-refractivity contribution in [3.05, 3.63) is 63.0 Å². The van der Waals surface area contributed by atoms with Gasteiger partial charge < -0.3 is 15.2 Å². The van der Waals surface area contributed by atoms with E-state index in [0.717, 1.165) is 11.4 Å². The van der Waals surface area contributed by atoms with Gasteiger partial charge in [-0.05, 0) is 31.5 Å². The molecule has 11 heteroatoms. The molecule has 2 aromatic rings. The normalized spacial score (nSPS) is 17.4. The van der Waals surface area contributed by atoms with Gasteiger partial charge in [-0.1, -0.05) is 37.6 Å². The van der Waals surface area contributed by atoms with Crippen LogP contribution < -0.4 is 5.32 Å². The highest BCUT2D eigenvalue weighted by Crippen LogP contribution is 2.21. The molecule has 34 heavy (non-hydrogen) atoms. The first-order chi connectivity index (χ1) is 16.4. The Kier molecular flexibility index (Phi) is 11.1. The van der Waals surface area contributed by atoms with Gasteiger partial charge in [-0.2, -0.15) is 0 Å². The van der Waals surface area contributed by atoms with E-state index in [0.29, 0.717) is 36.6 Å². The van der Waals surface area contributed by atoms with Crippen LogP contribution in [0.1, 0.15) is 31.7 Å². The molecule has 0 aliphatic carbocycles. The second-order valence-corrected chi connectivity index (χ2v) is 8.26. The lowest BCUT2D eigenvalue weighted by Crippen LogP contribution is -2.42. The fourth-order valence-corrected chi connectivity index (χ4v) is 4.09. The van der Waals surface area contributed by atoms with E-state index in [4.69, 9.17) is 16.3 Å². The van der Waals surface area contributed by atoms with E-state index in [9.17, 15) is 19.1 Å². The number of methoxy groups -OCH3 is 1. The number of rotatable bonds is 5. The van der Waals surface area contributed by atoms with Gasteiger partial charge in [-0.25, -0.2) is 14.2 Å². The number of likely N-dealkylation sites (tertiary alicyclic amines) is 1. The van der Waals surface area contributed by atoms with Gasteiger partial charge in [-0.15, -0.1) is 11.3 Å². The predicted octanol–water partition coefficient (Wildman–Crippen LogP) is 3.97. The van der Waals surface area contributed by atoms with Gasteiger partial charge in [0.1, 0.15) is 11.9 Å². The van der Waals surface area contributed by atoms with Crippen LogP contribution in [0, 0.1) is 5.82 Å². The largest absolute Gasteiger partial charge is 0.480 e. The number of aromatic nitrogens is 1. The van der Waals surface area contributed by atoms with E-state index in [1.165, 1.54) is 30.6 Å². The number of carbonyl (C=O) groups is 2. The number of aliphatic carboxylic acids is 1. The molecule has 1 fully saturated rings. The van der Waals surface area contributed by atoms with Crippen LogP contribution in [-0.2, 0) is 14.3 Å². The Labute approximate surface area is 207 Å². The van der Waals surface area contributed by atoms with Crippen LogP contribution in [0.2, 0.25) is 5.02 Å². The maximum atomic E-state index is 12.2. The highest BCUT2D eigenvalue weighted by Gasteiger charge is 2.33. The second-order valence-electron chi connectivity index (χ2n) is 6.96. The summed E-state index contributed by atoms with van der Waals surface area (Å²) in [4.78, 5) is 33.8. The zero-order chi connectivity index (χ0) is 25.1. The molecule has 1 atom stereocenters. The Morgan fingerprint density at radius 1 is 1.35 bits per heavy atom. The third-order valence-corrected chi connectivity index (χ3v) is 6.02. The third-order valence-electron chi connectivity index (χ3n) is 4.93. The van der Waals surface area contributed by atoms with E-state index in [-0.39, 0.29) is 17.4 Å². The Balaban J connectivity index is 0.000000343. The Morgan fingerprint density at radius 2 is 2.09 bits per heavy atom. The fourth-order valence-electron chi connectivity index (χ4n) is 3.36. The van der Waals surface area contributed by atoms with Crippen molar-refractivity contribution in [2.75, 3.05) is 26.7 Å². The number of amidine groups is 1. The number of hydrogen-bond donors (Lipinski definition) is 2. The average Bonchev–Trinajstić information content (AvgIpc) is 3.55. The van der Waals surface area contributed by atoms with E-state index in [2.05, 4.69) is 15.3 Å². The topological polar surface area (TPSA) is 104 Å². The zero-order valence-corrected chi connectivity index (χ0v) is 20.8. The van der Waals surface area contributed by atoms with E-state index in [1.54, 1.807) is 18.3 Å². The first kappa shape index (κ1) is 27.4. The van der Waals surface area contributed by atoms with Crippen molar-refractivity contribution in [1.82, 2.24) is 15.2 Å². The molecule has 4 rings (SSSR count). The number of esters is 1. The lowest BCUT2D eigenvalue weighted by molar-refractivity contribution is -0.142. The van der Waals surface area contributed by atoms with Crippen molar-refractivity contribution >= 4 is 40.7 Å². The summed E-state index contributed by atoms with van der Waals surface area (Å²) in [7, 11) is 1.32. The number of thiazole rings is 1. The van der Waals surface area contributed by atoms with Crippen molar-refractivity contribution < 1.29 is 23.8 Å². The molecule has 3 heterocycles. The lowest BCUT2D eigenvalue weighted by atomic mass is 10.1. The van der Waals surface area contributed by atoms with Gasteiger partial charge in [0.15, 0.2) is 10.8 Å². The number of nitrogens with zero attached hydrogens (tertiary/aromatic N) is 3. The molecule has 1 aromatic carbocycles. The number of carboxylic acid groups (broad SMARTS) is 1. The number of nitrogens with one attached hydrogen (secondary N) is 1. The average molecular weight is 511 g/mol. The molecule has 1 saturated heterocycles. The van der Waals surface area contributed by atoms with E-state index >= 15 is 0 Å². The molecule has 0 spiro atoms. The standard InChI is InChI=1S/C15H18N4O4S.C6H4ClF.C2H6/c1-23-15(22)9-7-17-12(13-16-4-6-24-13)18-10(9)8-19-5-2-3-11(19)14(20)21;7-5-3-1-2-4-6(5)8;1-2/h4,6,11H,2-3,5,7-8H2,1H3,(H,17,18)(H,20,21);1-4H;1-2H3. The molecule has 0 saturated carbocycles. The monoisotopic (exact) mass is 510 g/mol. The highest BCUT2D eigenvalue weighted by atomic mass is 35.5. The minimum atomic E-state index is -0.836. The molecule has 0 amide bonds. The van der Waals surface area contributed by atoms with Gasteiger partial charge in [0.05, 0.1) is 24.3 Å². The first-order valence-electron chi connectivity index (χ1n) is 10.8. The van der Waals surface area contributed by atoms with E-state index < -0.39 is 18.0 Å². The van der Waals surface area contributed by atoms with Crippen LogP contribution in [0.4, 0.5) is 4.39 Å². The van der Waals surface area contributed by atoms with Crippen LogP contribution in [-0.4, -0.2) is 65.6 Å². The van der Waals surface area contributed by atoms with Crippen molar-refractivity contribution in [1.29, 1.82) is 0 Å². The summed E-state index contributed by atoms with van der Waals surface area (Å²) < 4.78 is 17.0. The van der Waals surface area contributed by atoms with Gasteiger partial charge >= 0.3 is 11.9 Å². The van der Waals surface area contributed by atoms with Crippen molar-refractivity contribution in [3.8, 4) is 0 Å². The number of carboxylic acids is 1. The molecule has 0 radical (unpaired) electrons. The molecular weight excluding hydrogens is 483 g/mol. The highest BCUT2D eigenvalue weighted by molar-refractivity contribution is 7.11. The maximum absolute atomic E-state index is 12.2. The van der Waals surface area contributed by atoms with Crippen LogP contribution >= 0.6 is 22.9 Å². The molecule has 1 unspecified atom stereocenters. The zero-order valence-electron chi connectivity index (χ0n) is 19.3. The molecular formula is C23H28ClFN4O4S. The Hall–Kier alpha value is -2.82. The maximum Gasteiger partial charge on any atom is 0.337 e. The smallest absolute Gasteiger partial charge is 0.337 e. The summed E-state index contributed by atoms with van der Waals surface area (Å²) in [6.45, 7) is 5.21. The number of hydrogen-bond acceptors (Lipinski definition) is 8. The number of halogens is 2. The minimum absolute atomic E-state index is 0.174. The predicted molar refractivity (Wildman–Crippen MR) is 131 cm³/mol. The van der Waals surface area contributed by atoms with Crippen LogP contribution in [0.15, 0.2) is 52.1 Å².